The second-order valence-electron chi connectivity index (χ2n) is 2.06. The Kier molecular flexibility index (Phi) is 2.65. The number of nitrogens with zero attached hydrogens (tertiary/aromatic N) is 2. The average molecular weight is 173 g/mol. The maximum absolute atomic E-state index is 5.72. The first kappa shape index (κ1) is 8.27. The van der Waals surface area contributed by atoms with Crippen molar-refractivity contribution in [2.75, 3.05) is 7.11 Å². The summed E-state index contributed by atoms with van der Waals surface area (Å²) in [7, 11) is 1.55. The largest absolute Gasteiger partial charge is 0.480 e. The predicted octanol–water partition coefficient (Wildman–Crippen LogP) is 1.70. The number of hydrogen-bond donors (Lipinski definition) is 0. The highest BCUT2D eigenvalue weighted by atomic mass is 35.5. The van der Waals surface area contributed by atoms with Crippen LogP contribution in [0.1, 0.15) is 12.5 Å². The quantitative estimate of drug-likeness (QED) is 0.681. The monoisotopic (exact) mass is 172 g/mol. The van der Waals surface area contributed by atoms with E-state index in [1.54, 1.807) is 13.2 Å². The molecule has 0 saturated carbocycles. The van der Waals surface area contributed by atoms with E-state index >= 15 is 0 Å². The van der Waals surface area contributed by atoms with E-state index < -0.39 is 0 Å². The molecule has 3 nitrogen and oxygen atoms in total. The standard InChI is InChI=1S/C7H9ClN2O/c1-3-5-4-6(11-2)9-10-7(5)8/h4H,3H2,1-2H3. The van der Waals surface area contributed by atoms with Crippen molar-refractivity contribution in [2.45, 2.75) is 13.3 Å². The molecule has 4 heteroatoms. The van der Waals surface area contributed by atoms with E-state index in [1.165, 1.54) is 0 Å². The average Bonchev–Trinajstić information content (AvgIpc) is 2.05. The van der Waals surface area contributed by atoms with Crippen LogP contribution < -0.4 is 4.74 Å². The molecule has 0 saturated heterocycles. The van der Waals surface area contributed by atoms with Crippen LogP contribution >= 0.6 is 11.6 Å². The minimum atomic E-state index is 0.452. The molecule has 1 aromatic heterocycles. The van der Waals surface area contributed by atoms with Crippen molar-refractivity contribution in [3.63, 3.8) is 0 Å². The van der Waals surface area contributed by atoms with Crippen molar-refractivity contribution in [1.29, 1.82) is 0 Å². The van der Waals surface area contributed by atoms with Crippen LogP contribution in [0, 0.1) is 0 Å². The van der Waals surface area contributed by atoms with Crippen LogP contribution in [-0.2, 0) is 6.42 Å². The molecule has 0 atom stereocenters. The van der Waals surface area contributed by atoms with Gasteiger partial charge in [0.25, 0.3) is 0 Å². The molecule has 0 radical (unpaired) electrons. The van der Waals surface area contributed by atoms with Crippen molar-refractivity contribution in [2.24, 2.45) is 0 Å². The van der Waals surface area contributed by atoms with Crippen LogP contribution in [0.25, 0.3) is 0 Å². The Bertz CT molecular complexity index is 252. The molecule has 0 spiro atoms. The zero-order valence-electron chi connectivity index (χ0n) is 6.47. The molecule has 0 fully saturated rings. The van der Waals surface area contributed by atoms with Gasteiger partial charge < -0.3 is 4.74 Å². The maximum Gasteiger partial charge on any atom is 0.233 e. The number of methoxy groups -OCH3 is 1. The fourth-order valence-electron chi connectivity index (χ4n) is 0.743. The summed E-state index contributed by atoms with van der Waals surface area (Å²) in [6, 6.07) is 1.79. The topological polar surface area (TPSA) is 35.0 Å². The Hall–Kier alpha value is -0.830. The molecule has 0 N–H and O–H groups in total. The normalized spacial score (nSPS) is 9.73. The Balaban J connectivity index is 3.02. The van der Waals surface area contributed by atoms with E-state index in [0.717, 1.165) is 12.0 Å². The zero-order chi connectivity index (χ0) is 8.27. The minimum Gasteiger partial charge on any atom is -0.480 e. The van der Waals surface area contributed by atoms with E-state index in [2.05, 4.69) is 10.2 Å². The molecule has 0 aliphatic carbocycles. The second kappa shape index (κ2) is 3.53. The van der Waals surface area contributed by atoms with Crippen LogP contribution in [0.5, 0.6) is 5.88 Å². The van der Waals surface area contributed by atoms with E-state index in [1.807, 2.05) is 6.92 Å². The first-order chi connectivity index (χ1) is 5.27. The smallest absolute Gasteiger partial charge is 0.233 e. The second-order valence-corrected chi connectivity index (χ2v) is 2.41. The highest BCUT2D eigenvalue weighted by Gasteiger charge is 2.01. The van der Waals surface area contributed by atoms with Gasteiger partial charge in [-0.1, -0.05) is 18.5 Å². The molecule has 0 amide bonds. The van der Waals surface area contributed by atoms with Gasteiger partial charge in [0.2, 0.25) is 5.88 Å². The maximum atomic E-state index is 5.72. The van der Waals surface area contributed by atoms with Gasteiger partial charge in [-0.05, 0) is 12.0 Å². The van der Waals surface area contributed by atoms with Crippen LogP contribution in [0.4, 0.5) is 0 Å². The lowest BCUT2D eigenvalue weighted by Crippen LogP contribution is -1.94. The molecular formula is C7H9ClN2O. The lowest BCUT2D eigenvalue weighted by atomic mass is 10.2. The highest BCUT2D eigenvalue weighted by molar-refractivity contribution is 6.30. The molecule has 0 aliphatic heterocycles. The minimum absolute atomic E-state index is 0.452. The first-order valence-electron chi connectivity index (χ1n) is 3.34. The number of halogens is 1. The van der Waals surface area contributed by atoms with Crippen LogP contribution in [-0.4, -0.2) is 17.3 Å². The molecule has 0 unspecified atom stereocenters. The van der Waals surface area contributed by atoms with Gasteiger partial charge >= 0.3 is 0 Å². The number of hydrogen-bond acceptors (Lipinski definition) is 3. The van der Waals surface area contributed by atoms with E-state index in [0.29, 0.717) is 11.0 Å². The molecule has 60 valence electrons. The van der Waals surface area contributed by atoms with Gasteiger partial charge in [-0.2, -0.15) is 0 Å². The summed E-state index contributed by atoms with van der Waals surface area (Å²) in [5.74, 6) is 0.506. The van der Waals surface area contributed by atoms with Gasteiger partial charge in [0.15, 0.2) is 5.15 Å². The number of rotatable bonds is 2. The van der Waals surface area contributed by atoms with E-state index in [9.17, 15) is 0 Å². The van der Waals surface area contributed by atoms with Gasteiger partial charge in [0, 0.05) is 6.07 Å². The summed E-state index contributed by atoms with van der Waals surface area (Å²) in [5.41, 5.74) is 0.957. The summed E-state index contributed by atoms with van der Waals surface area (Å²) < 4.78 is 4.88. The predicted molar refractivity (Wildman–Crippen MR) is 43.0 cm³/mol. The van der Waals surface area contributed by atoms with Crippen molar-refractivity contribution in [3.05, 3.63) is 16.8 Å². The third-order valence-electron chi connectivity index (χ3n) is 1.39. The van der Waals surface area contributed by atoms with Gasteiger partial charge in [0.1, 0.15) is 0 Å². The SMILES string of the molecule is CCc1cc(OC)nnc1Cl. The Labute approximate surface area is 70.4 Å². The van der Waals surface area contributed by atoms with Gasteiger partial charge in [-0.25, -0.2) is 0 Å². The third-order valence-corrected chi connectivity index (χ3v) is 1.71. The number of aryl methyl sites for hydroxylation is 1. The van der Waals surface area contributed by atoms with Crippen molar-refractivity contribution in [3.8, 4) is 5.88 Å². The van der Waals surface area contributed by atoms with Crippen LogP contribution in [0.2, 0.25) is 5.15 Å². The Morgan fingerprint density at radius 2 is 2.27 bits per heavy atom. The van der Waals surface area contributed by atoms with Gasteiger partial charge in [0.05, 0.1) is 7.11 Å². The molecule has 0 aromatic carbocycles. The van der Waals surface area contributed by atoms with E-state index in [4.69, 9.17) is 16.3 Å². The summed E-state index contributed by atoms with van der Waals surface area (Å²) >= 11 is 5.72. The number of aromatic nitrogens is 2. The Morgan fingerprint density at radius 1 is 1.55 bits per heavy atom. The highest BCUT2D eigenvalue weighted by Crippen LogP contribution is 2.16. The van der Waals surface area contributed by atoms with Crippen LogP contribution in [0.15, 0.2) is 6.07 Å². The first-order valence-corrected chi connectivity index (χ1v) is 3.71. The Morgan fingerprint density at radius 3 is 2.82 bits per heavy atom. The lowest BCUT2D eigenvalue weighted by molar-refractivity contribution is 0.391. The van der Waals surface area contributed by atoms with E-state index in [-0.39, 0.29) is 0 Å². The van der Waals surface area contributed by atoms with Gasteiger partial charge in [-0.3, -0.25) is 0 Å². The van der Waals surface area contributed by atoms with Crippen molar-refractivity contribution >= 4 is 11.6 Å². The fourth-order valence-corrected chi connectivity index (χ4v) is 0.969. The molecule has 0 bridgehead atoms. The summed E-state index contributed by atoms with van der Waals surface area (Å²) in [6.45, 7) is 2.00. The van der Waals surface area contributed by atoms with Gasteiger partial charge in [-0.15, -0.1) is 10.2 Å². The molecule has 11 heavy (non-hydrogen) atoms. The molecule has 0 aliphatic rings. The number of ether oxygens (including phenoxy) is 1. The molecule has 1 aromatic rings. The molecular weight excluding hydrogens is 164 g/mol. The zero-order valence-corrected chi connectivity index (χ0v) is 7.22. The molecule has 1 rings (SSSR count). The molecule has 1 heterocycles. The van der Waals surface area contributed by atoms with Crippen LogP contribution in [0.3, 0.4) is 0 Å². The lowest BCUT2D eigenvalue weighted by Gasteiger charge is -2.00. The third kappa shape index (κ3) is 1.80. The van der Waals surface area contributed by atoms with Crippen molar-refractivity contribution < 1.29 is 4.74 Å². The fraction of sp³-hybridized carbons (Fsp3) is 0.429. The summed E-state index contributed by atoms with van der Waals surface area (Å²) in [4.78, 5) is 0. The summed E-state index contributed by atoms with van der Waals surface area (Å²) in [6.07, 6.45) is 0.838. The van der Waals surface area contributed by atoms with Crippen molar-refractivity contribution in [1.82, 2.24) is 10.2 Å². The summed E-state index contributed by atoms with van der Waals surface area (Å²) in [5, 5.41) is 7.86.